The minimum Gasteiger partial charge on any atom is -0.350 e. The highest BCUT2D eigenvalue weighted by molar-refractivity contribution is 6.51. The Kier molecular flexibility index (Phi) is 6.03. The van der Waals surface area contributed by atoms with Gasteiger partial charge in [0.1, 0.15) is 9.75 Å². The normalized spacial score (nSPS) is 33.2. The molecule has 3 atom stereocenters. The van der Waals surface area contributed by atoms with E-state index in [1.807, 2.05) is 13.8 Å². The summed E-state index contributed by atoms with van der Waals surface area (Å²) in [5.41, 5.74) is -0.248. The van der Waals surface area contributed by atoms with Gasteiger partial charge in [-0.3, -0.25) is 0 Å². The SMILES string of the molecule is COC1(OC)[C@]2(Cl)C[C@@H](CC#CC(C)(C)CCC#N)[C@@]1(Cl)C(Cl)=C2Cl. The summed E-state index contributed by atoms with van der Waals surface area (Å²) in [5, 5.41) is 9.27. The molecule has 0 amide bonds. The first-order valence-corrected chi connectivity index (χ1v) is 9.49. The summed E-state index contributed by atoms with van der Waals surface area (Å²) >= 11 is 26.5. The Balaban J connectivity index is 2.31. The molecule has 0 aromatic carbocycles. The largest absolute Gasteiger partial charge is 0.350 e. The molecule has 2 bridgehead atoms. The highest BCUT2D eigenvalue weighted by Gasteiger charge is 2.80. The molecule has 0 aromatic heterocycles. The summed E-state index contributed by atoms with van der Waals surface area (Å²) in [7, 11) is 2.97. The van der Waals surface area contributed by atoms with Gasteiger partial charge in [-0.25, -0.2) is 0 Å². The summed E-state index contributed by atoms with van der Waals surface area (Å²) in [6.45, 7) is 4.02. The Hall–Kier alpha value is -0.130. The van der Waals surface area contributed by atoms with Gasteiger partial charge in [0, 0.05) is 38.4 Å². The van der Waals surface area contributed by atoms with E-state index in [0.29, 0.717) is 25.7 Å². The van der Waals surface area contributed by atoms with Crippen LogP contribution in [0.4, 0.5) is 0 Å². The molecular weight excluding hydrogens is 404 g/mol. The molecule has 2 aliphatic carbocycles. The summed E-state index contributed by atoms with van der Waals surface area (Å²) < 4.78 is 11.3. The number of nitriles is 1. The van der Waals surface area contributed by atoms with Gasteiger partial charge < -0.3 is 9.47 Å². The van der Waals surface area contributed by atoms with Gasteiger partial charge in [0.25, 0.3) is 0 Å². The van der Waals surface area contributed by atoms with Crippen molar-refractivity contribution in [2.45, 2.75) is 55.1 Å². The Morgan fingerprint density at radius 1 is 1.20 bits per heavy atom. The first kappa shape index (κ1) is 21.2. The van der Waals surface area contributed by atoms with E-state index >= 15 is 0 Å². The van der Waals surface area contributed by atoms with Crippen LogP contribution in [0.15, 0.2) is 10.1 Å². The van der Waals surface area contributed by atoms with Gasteiger partial charge in [-0.1, -0.05) is 29.1 Å². The second-order valence-corrected chi connectivity index (χ2v) is 9.11. The van der Waals surface area contributed by atoms with Crippen molar-refractivity contribution in [1.82, 2.24) is 0 Å². The zero-order valence-electron chi connectivity index (χ0n) is 14.7. The number of ether oxygens (including phenoxy) is 2. The summed E-state index contributed by atoms with van der Waals surface area (Å²) in [6, 6.07) is 2.15. The van der Waals surface area contributed by atoms with Crippen molar-refractivity contribution in [2.75, 3.05) is 14.2 Å². The molecule has 0 spiro atoms. The lowest BCUT2D eigenvalue weighted by Crippen LogP contribution is -2.56. The Morgan fingerprint density at radius 3 is 2.28 bits per heavy atom. The Morgan fingerprint density at radius 2 is 1.80 bits per heavy atom. The van der Waals surface area contributed by atoms with E-state index in [1.54, 1.807) is 0 Å². The van der Waals surface area contributed by atoms with Gasteiger partial charge in [-0.15, -0.1) is 29.1 Å². The van der Waals surface area contributed by atoms with Crippen molar-refractivity contribution in [3.05, 3.63) is 10.1 Å². The average molecular weight is 425 g/mol. The predicted octanol–water partition coefficient (Wildman–Crippen LogP) is 5.38. The molecule has 0 aliphatic heterocycles. The van der Waals surface area contributed by atoms with E-state index in [4.69, 9.17) is 61.1 Å². The van der Waals surface area contributed by atoms with Crippen LogP contribution in [0, 0.1) is 34.5 Å². The standard InChI is InChI=1S/C18H21Cl4NO2/c1-15(2,9-6-10-23)8-5-7-12-11-16(21)13(19)14(20)17(12,22)18(16,24-3)25-4/h12H,6-7,9,11H2,1-4H3/t12-,16+,17-/m1/s1. The summed E-state index contributed by atoms with van der Waals surface area (Å²) in [5.74, 6) is 4.88. The van der Waals surface area contributed by atoms with E-state index in [-0.39, 0.29) is 21.4 Å². The van der Waals surface area contributed by atoms with Crippen molar-refractivity contribution in [1.29, 1.82) is 5.26 Å². The van der Waals surface area contributed by atoms with Crippen molar-refractivity contribution in [3.63, 3.8) is 0 Å². The molecule has 138 valence electrons. The Labute approximate surface area is 169 Å². The van der Waals surface area contributed by atoms with E-state index in [0.717, 1.165) is 0 Å². The molecule has 7 heteroatoms. The fourth-order valence-corrected chi connectivity index (χ4v) is 5.91. The maximum atomic E-state index is 8.74. The lowest BCUT2D eigenvalue weighted by atomic mass is 9.86. The molecule has 2 rings (SSSR count). The molecule has 0 heterocycles. The zero-order valence-corrected chi connectivity index (χ0v) is 17.7. The third kappa shape index (κ3) is 2.89. The number of fused-ring (bicyclic) bond motifs is 2. The summed E-state index contributed by atoms with van der Waals surface area (Å²) in [6.07, 6.45) is 2.10. The highest BCUT2D eigenvalue weighted by atomic mass is 35.5. The molecule has 0 aromatic rings. The van der Waals surface area contributed by atoms with Crippen LogP contribution in [0.25, 0.3) is 0 Å². The van der Waals surface area contributed by atoms with Gasteiger partial charge in [-0.2, -0.15) is 5.26 Å². The molecule has 0 unspecified atom stereocenters. The summed E-state index contributed by atoms with van der Waals surface area (Å²) in [4.78, 5) is -2.33. The maximum Gasteiger partial charge on any atom is 0.217 e. The van der Waals surface area contributed by atoms with Crippen LogP contribution in [0.1, 0.15) is 39.5 Å². The van der Waals surface area contributed by atoms with Gasteiger partial charge in [0.2, 0.25) is 5.79 Å². The fourth-order valence-electron chi connectivity index (χ4n) is 3.82. The number of hydrogen-bond donors (Lipinski definition) is 0. The van der Waals surface area contributed by atoms with Gasteiger partial charge in [0.15, 0.2) is 0 Å². The predicted molar refractivity (Wildman–Crippen MR) is 102 cm³/mol. The van der Waals surface area contributed by atoms with E-state index in [1.165, 1.54) is 14.2 Å². The molecule has 2 aliphatic rings. The monoisotopic (exact) mass is 423 g/mol. The fraction of sp³-hybridized carbons (Fsp3) is 0.722. The first-order valence-electron chi connectivity index (χ1n) is 7.97. The van der Waals surface area contributed by atoms with Crippen LogP contribution >= 0.6 is 46.4 Å². The van der Waals surface area contributed by atoms with Crippen LogP contribution in [0.2, 0.25) is 0 Å². The zero-order chi connectivity index (χ0) is 19.1. The van der Waals surface area contributed by atoms with E-state index in [9.17, 15) is 0 Å². The second kappa shape index (κ2) is 7.12. The van der Waals surface area contributed by atoms with Gasteiger partial charge >= 0.3 is 0 Å². The number of alkyl halides is 2. The molecule has 0 radical (unpaired) electrons. The van der Waals surface area contributed by atoms with Gasteiger partial charge in [-0.05, 0) is 26.7 Å². The quantitative estimate of drug-likeness (QED) is 0.338. The maximum absolute atomic E-state index is 8.74. The molecule has 0 saturated heterocycles. The number of rotatable bonds is 5. The molecule has 3 nitrogen and oxygen atoms in total. The van der Waals surface area contributed by atoms with Crippen molar-refractivity contribution in [2.24, 2.45) is 11.3 Å². The van der Waals surface area contributed by atoms with Crippen LogP contribution in [-0.4, -0.2) is 29.8 Å². The topological polar surface area (TPSA) is 42.2 Å². The second-order valence-electron chi connectivity index (χ2n) is 7.11. The lowest BCUT2D eigenvalue weighted by Gasteiger charge is -2.41. The molecule has 1 saturated carbocycles. The highest BCUT2D eigenvalue weighted by Crippen LogP contribution is 2.72. The lowest BCUT2D eigenvalue weighted by molar-refractivity contribution is -0.218. The van der Waals surface area contributed by atoms with Gasteiger partial charge in [0.05, 0.1) is 16.1 Å². The van der Waals surface area contributed by atoms with E-state index in [2.05, 4.69) is 17.9 Å². The third-order valence-electron chi connectivity index (χ3n) is 5.16. The number of methoxy groups -OCH3 is 2. The van der Waals surface area contributed by atoms with Crippen LogP contribution in [-0.2, 0) is 9.47 Å². The van der Waals surface area contributed by atoms with Crippen molar-refractivity contribution < 1.29 is 9.47 Å². The number of nitrogens with zero attached hydrogens (tertiary/aromatic N) is 1. The Bertz CT molecular complexity index is 683. The average Bonchev–Trinajstić information content (AvgIpc) is 2.83. The minimum atomic E-state index is -1.35. The van der Waals surface area contributed by atoms with Crippen LogP contribution in [0.3, 0.4) is 0 Å². The smallest absolute Gasteiger partial charge is 0.217 e. The van der Waals surface area contributed by atoms with Crippen LogP contribution in [0.5, 0.6) is 0 Å². The molecule has 0 N–H and O–H groups in total. The van der Waals surface area contributed by atoms with Crippen molar-refractivity contribution >= 4 is 46.4 Å². The molecule has 25 heavy (non-hydrogen) atoms. The number of hydrogen-bond acceptors (Lipinski definition) is 3. The number of halogens is 4. The molecule has 1 fully saturated rings. The van der Waals surface area contributed by atoms with Crippen molar-refractivity contribution in [3.8, 4) is 17.9 Å². The van der Waals surface area contributed by atoms with Crippen LogP contribution < -0.4 is 0 Å². The first-order chi connectivity index (χ1) is 11.6. The molecular formula is C18H21Cl4NO2. The van der Waals surface area contributed by atoms with E-state index < -0.39 is 15.5 Å². The third-order valence-corrected chi connectivity index (χ3v) is 7.79. The minimum absolute atomic E-state index is 0.180.